The van der Waals surface area contributed by atoms with Gasteiger partial charge in [-0.15, -0.1) is 0 Å². The number of rotatable bonds is 4. The van der Waals surface area contributed by atoms with E-state index in [-0.39, 0.29) is 17.5 Å². The van der Waals surface area contributed by atoms with Crippen molar-refractivity contribution in [3.8, 4) is 6.07 Å². The molecule has 0 radical (unpaired) electrons. The normalized spacial score (nSPS) is 13.0. The number of nitrogens with zero attached hydrogens (tertiary/aromatic N) is 4. The fraction of sp³-hybridized carbons (Fsp3) is 0.200. The van der Waals surface area contributed by atoms with E-state index >= 15 is 0 Å². The van der Waals surface area contributed by atoms with E-state index in [9.17, 15) is 35.5 Å². The highest BCUT2D eigenvalue weighted by Gasteiger charge is 2.41. The first-order valence-electron chi connectivity index (χ1n) is 8.80. The number of nitrogens with two attached hydrogens (primary N) is 1. The largest absolute Gasteiger partial charge is 0.433 e. The molecule has 13 heteroatoms. The molecule has 0 saturated heterocycles. The molecule has 174 valence electrons. The van der Waals surface area contributed by atoms with Crippen LogP contribution in [0.15, 0.2) is 47.1 Å². The lowest BCUT2D eigenvalue weighted by Gasteiger charge is -2.17. The molecule has 1 amide bonds. The lowest BCUT2D eigenvalue weighted by atomic mass is 10.1. The monoisotopic (exact) mass is 473 g/mol. The van der Waals surface area contributed by atoms with Crippen LogP contribution in [-0.4, -0.2) is 23.7 Å². The number of carbonyl (C=O) groups is 1. The zero-order valence-corrected chi connectivity index (χ0v) is 16.9. The van der Waals surface area contributed by atoms with Gasteiger partial charge in [0.2, 0.25) is 0 Å². The van der Waals surface area contributed by atoms with Crippen LogP contribution in [0, 0.1) is 17.1 Å². The van der Waals surface area contributed by atoms with Crippen molar-refractivity contribution in [2.75, 3.05) is 11.9 Å². The van der Waals surface area contributed by atoms with Gasteiger partial charge in [0.25, 0.3) is 5.91 Å². The van der Waals surface area contributed by atoms with Gasteiger partial charge in [-0.3, -0.25) is 4.79 Å². The Balaban J connectivity index is 2.50. The van der Waals surface area contributed by atoms with Gasteiger partial charge in [-0.25, -0.2) is 14.4 Å². The van der Waals surface area contributed by atoms with Crippen molar-refractivity contribution in [2.45, 2.75) is 19.3 Å². The van der Waals surface area contributed by atoms with Crippen molar-refractivity contribution in [2.24, 2.45) is 10.7 Å². The van der Waals surface area contributed by atoms with Crippen molar-refractivity contribution in [1.29, 1.82) is 5.26 Å². The number of allylic oxidation sites excluding steroid dienone is 1. The summed E-state index contributed by atoms with van der Waals surface area (Å²) in [4.78, 5) is 20.0. The average Bonchev–Trinajstić information content (AvgIpc) is 2.71. The van der Waals surface area contributed by atoms with Gasteiger partial charge in [0, 0.05) is 18.4 Å². The number of carbonyl (C=O) groups excluding carboxylic acids is 1. The topological polar surface area (TPSA) is 95.4 Å². The Hall–Kier alpha value is -3.95. The predicted octanol–water partition coefficient (Wildman–Crippen LogP) is 4.73. The van der Waals surface area contributed by atoms with Crippen LogP contribution in [0.5, 0.6) is 0 Å². The number of pyridine rings is 1. The van der Waals surface area contributed by atoms with E-state index in [1.807, 2.05) is 0 Å². The van der Waals surface area contributed by atoms with E-state index in [1.165, 1.54) is 19.2 Å². The van der Waals surface area contributed by atoms with Gasteiger partial charge in [-0.05, 0) is 43.3 Å². The highest BCUT2D eigenvalue weighted by atomic mass is 19.4. The predicted molar refractivity (Wildman–Crippen MR) is 104 cm³/mol. The van der Waals surface area contributed by atoms with E-state index in [1.54, 1.807) is 0 Å². The summed E-state index contributed by atoms with van der Waals surface area (Å²) in [6.45, 7) is 1.13. The summed E-state index contributed by atoms with van der Waals surface area (Å²) in [7, 11) is 1.31. The van der Waals surface area contributed by atoms with Crippen LogP contribution in [0.1, 0.15) is 23.7 Å². The maximum Gasteiger partial charge on any atom is 0.433 e. The molecule has 0 aliphatic rings. The summed E-state index contributed by atoms with van der Waals surface area (Å²) in [6, 6.07) is 5.63. The number of halogens is 7. The molecule has 1 aromatic heterocycles. The maximum absolute atomic E-state index is 13.2. The fourth-order valence-electron chi connectivity index (χ4n) is 2.55. The van der Waals surface area contributed by atoms with Crippen LogP contribution in [0.25, 0.3) is 0 Å². The van der Waals surface area contributed by atoms with E-state index < -0.39 is 52.4 Å². The Labute approximate surface area is 182 Å². The third-order valence-electron chi connectivity index (χ3n) is 4.12. The smallest absolute Gasteiger partial charge is 0.394 e. The van der Waals surface area contributed by atoms with Crippen LogP contribution >= 0.6 is 0 Å². The van der Waals surface area contributed by atoms with Gasteiger partial charge >= 0.3 is 12.4 Å². The number of benzene rings is 1. The first-order chi connectivity index (χ1) is 15.1. The van der Waals surface area contributed by atoms with E-state index in [0.717, 1.165) is 36.1 Å². The Morgan fingerprint density at radius 3 is 2.21 bits per heavy atom. The van der Waals surface area contributed by atoms with E-state index in [4.69, 9.17) is 11.0 Å². The number of hydrogen-bond donors (Lipinski definition) is 1. The first-order valence-corrected chi connectivity index (χ1v) is 8.80. The standard InChI is InChI=1S/C20H14F7N5O/c1-10(7-15(29)18(33)32(2)12-5-3-11(21)4-6-12)30-17-13(9-28)14(19(22,23)24)8-16(31-17)20(25,26)27/h3-8H,29H2,1-2H3/b15-7-,30-10+. The second-order valence-electron chi connectivity index (χ2n) is 6.55. The van der Waals surface area contributed by atoms with Gasteiger partial charge in [0.15, 0.2) is 5.82 Å². The minimum Gasteiger partial charge on any atom is -0.394 e. The lowest BCUT2D eigenvalue weighted by molar-refractivity contribution is -0.145. The molecule has 33 heavy (non-hydrogen) atoms. The van der Waals surface area contributed by atoms with Crippen molar-refractivity contribution < 1.29 is 35.5 Å². The zero-order valence-electron chi connectivity index (χ0n) is 16.9. The van der Waals surface area contributed by atoms with Crippen molar-refractivity contribution >= 4 is 23.1 Å². The molecular formula is C20H14F7N5O. The van der Waals surface area contributed by atoms with E-state index in [0.29, 0.717) is 0 Å². The highest BCUT2D eigenvalue weighted by molar-refractivity contribution is 6.09. The van der Waals surface area contributed by atoms with Crippen molar-refractivity contribution in [1.82, 2.24) is 4.98 Å². The SMILES string of the molecule is CC(/C=C(\N)C(=O)N(C)c1ccc(F)cc1)=N\c1nc(C(F)(F)F)cc(C(F)(F)F)c1C#N. The molecule has 0 bridgehead atoms. The second kappa shape index (κ2) is 9.27. The van der Waals surface area contributed by atoms with Crippen molar-refractivity contribution in [3.63, 3.8) is 0 Å². The third kappa shape index (κ3) is 6.06. The summed E-state index contributed by atoms with van der Waals surface area (Å²) >= 11 is 0. The van der Waals surface area contributed by atoms with Gasteiger partial charge in [-0.2, -0.15) is 31.6 Å². The Morgan fingerprint density at radius 1 is 1.15 bits per heavy atom. The quantitative estimate of drug-likeness (QED) is 0.395. The van der Waals surface area contributed by atoms with Crippen LogP contribution in [0.4, 0.5) is 42.2 Å². The fourth-order valence-corrected chi connectivity index (χ4v) is 2.55. The Kier molecular flexibility index (Phi) is 7.11. The third-order valence-corrected chi connectivity index (χ3v) is 4.12. The molecule has 0 atom stereocenters. The van der Waals surface area contributed by atoms with Crippen molar-refractivity contribution in [3.05, 3.63) is 64.7 Å². The number of aliphatic imine (C=N–C) groups is 1. The molecule has 0 aliphatic carbocycles. The van der Waals surface area contributed by atoms with Crippen LogP contribution in [-0.2, 0) is 17.1 Å². The molecule has 2 N–H and O–H groups in total. The second-order valence-corrected chi connectivity index (χ2v) is 6.55. The number of nitriles is 1. The number of anilines is 1. The zero-order chi connectivity index (χ0) is 25.1. The molecule has 0 unspecified atom stereocenters. The van der Waals surface area contributed by atoms with E-state index in [2.05, 4.69) is 9.98 Å². The first kappa shape index (κ1) is 25.3. The van der Waals surface area contributed by atoms with Crippen LogP contribution < -0.4 is 10.6 Å². The van der Waals surface area contributed by atoms with Gasteiger partial charge in [0.05, 0.1) is 11.3 Å². The molecule has 2 aromatic rings. The number of hydrogen-bond acceptors (Lipinski definition) is 5. The van der Waals surface area contributed by atoms with Crippen LogP contribution in [0.3, 0.4) is 0 Å². The summed E-state index contributed by atoms with van der Waals surface area (Å²) in [5.41, 5.74) is 0.171. The lowest BCUT2D eigenvalue weighted by Crippen LogP contribution is -2.31. The number of aromatic nitrogens is 1. The molecule has 6 nitrogen and oxygen atoms in total. The molecule has 2 rings (SSSR count). The summed E-state index contributed by atoms with van der Waals surface area (Å²) in [6.07, 6.45) is -9.64. The molecule has 0 aliphatic heterocycles. The number of alkyl halides is 6. The maximum atomic E-state index is 13.2. The molecule has 0 fully saturated rings. The van der Waals surface area contributed by atoms with Gasteiger partial charge in [0.1, 0.15) is 23.1 Å². The summed E-state index contributed by atoms with van der Waals surface area (Å²) in [5, 5.41) is 9.09. The van der Waals surface area contributed by atoms with Gasteiger partial charge in [-0.1, -0.05) is 0 Å². The molecule has 1 aromatic carbocycles. The number of amides is 1. The average molecular weight is 473 g/mol. The molecule has 0 saturated carbocycles. The highest BCUT2D eigenvalue weighted by Crippen LogP contribution is 2.39. The molecular weight excluding hydrogens is 459 g/mol. The molecule has 0 spiro atoms. The number of likely N-dealkylation sites (N-methyl/N-ethyl adjacent to an activating group) is 1. The summed E-state index contributed by atoms with van der Waals surface area (Å²) in [5.74, 6) is -2.50. The Bertz CT molecular complexity index is 1160. The minimum atomic E-state index is -5.28. The summed E-state index contributed by atoms with van der Waals surface area (Å²) < 4.78 is 91.8. The van der Waals surface area contributed by atoms with Gasteiger partial charge < -0.3 is 10.6 Å². The molecule has 1 heterocycles. The minimum absolute atomic E-state index is 0.258. The Morgan fingerprint density at radius 2 is 1.73 bits per heavy atom. The van der Waals surface area contributed by atoms with Crippen LogP contribution in [0.2, 0.25) is 0 Å².